The smallest absolute Gasteiger partial charge is 0.133 e. The fourth-order valence-corrected chi connectivity index (χ4v) is 2.68. The first-order valence-corrected chi connectivity index (χ1v) is 6.12. The molecule has 0 aliphatic heterocycles. The van der Waals surface area contributed by atoms with Crippen LogP contribution in [0.25, 0.3) is 11.0 Å². The lowest BCUT2D eigenvalue weighted by Gasteiger charge is -2.36. The topological polar surface area (TPSA) is 59.4 Å². The number of fused-ring (bicyclic) bond motifs is 1. The molecule has 1 aliphatic rings. The van der Waals surface area contributed by atoms with Crippen molar-refractivity contribution in [3.05, 3.63) is 36.1 Å². The summed E-state index contributed by atoms with van der Waals surface area (Å²) < 4.78 is 5.33. The van der Waals surface area contributed by atoms with E-state index in [-0.39, 0.29) is 11.6 Å². The zero-order valence-electron chi connectivity index (χ0n) is 9.73. The molecule has 0 unspecified atom stereocenters. The average Bonchev–Trinajstić information content (AvgIpc) is 2.80. The van der Waals surface area contributed by atoms with E-state index in [1.807, 2.05) is 18.2 Å². The maximum Gasteiger partial charge on any atom is 0.133 e. The number of aliphatic hydroxyl groups is 1. The Kier molecular flexibility index (Phi) is 2.45. The number of hydrogen-bond acceptors (Lipinski definition) is 3. The molecule has 0 saturated heterocycles. The summed E-state index contributed by atoms with van der Waals surface area (Å²) in [6.07, 6.45) is 4.79. The van der Waals surface area contributed by atoms with Crippen LogP contribution >= 0.6 is 0 Å². The lowest BCUT2D eigenvalue weighted by Crippen LogP contribution is -2.41. The SMILES string of the molecule is NC1(c2ccc3occc3c2)CCC(O)CC1. The van der Waals surface area contributed by atoms with E-state index in [2.05, 4.69) is 6.07 Å². The van der Waals surface area contributed by atoms with Crippen molar-refractivity contribution in [2.45, 2.75) is 37.3 Å². The normalized spacial score (nSPS) is 29.6. The van der Waals surface area contributed by atoms with Gasteiger partial charge >= 0.3 is 0 Å². The summed E-state index contributed by atoms with van der Waals surface area (Å²) in [6.45, 7) is 0. The summed E-state index contributed by atoms with van der Waals surface area (Å²) in [5.74, 6) is 0. The lowest BCUT2D eigenvalue weighted by molar-refractivity contribution is 0.0969. The fourth-order valence-electron chi connectivity index (χ4n) is 2.68. The van der Waals surface area contributed by atoms with Crippen molar-refractivity contribution in [1.29, 1.82) is 0 Å². The maximum absolute atomic E-state index is 9.56. The van der Waals surface area contributed by atoms with Gasteiger partial charge in [0.2, 0.25) is 0 Å². The van der Waals surface area contributed by atoms with E-state index in [0.29, 0.717) is 0 Å². The van der Waals surface area contributed by atoms with Gasteiger partial charge in [-0.1, -0.05) is 6.07 Å². The third kappa shape index (κ3) is 1.85. The molecule has 17 heavy (non-hydrogen) atoms. The van der Waals surface area contributed by atoms with E-state index in [1.54, 1.807) is 6.26 Å². The standard InChI is InChI=1S/C14H17NO2/c15-14(6-3-12(16)4-7-14)11-1-2-13-10(9-11)5-8-17-13/h1-2,5,8-9,12,16H,3-4,6-7,15H2. The Hall–Kier alpha value is -1.32. The van der Waals surface area contributed by atoms with E-state index < -0.39 is 0 Å². The molecular weight excluding hydrogens is 214 g/mol. The maximum atomic E-state index is 9.56. The first-order valence-electron chi connectivity index (χ1n) is 6.12. The van der Waals surface area contributed by atoms with Gasteiger partial charge < -0.3 is 15.3 Å². The predicted octanol–water partition coefficient (Wildman–Crippen LogP) is 2.52. The number of aliphatic hydroxyl groups excluding tert-OH is 1. The van der Waals surface area contributed by atoms with Crippen molar-refractivity contribution in [1.82, 2.24) is 0 Å². The van der Waals surface area contributed by atoms with Crippen molar-refractivity contribution in [3.63, 3.8) is 0 Å². The van der Waals surface area contributed by atoms with Crippen LogP contribution in [-0.2, 0) is 5.54 Å². The monoisotopic (exact) mass is 231 g/mol. The third-order valence-corrected chi connectivity index (χ3v) is 3.87. The molecule has 3 heteroatoms. The molecule has 1 saturated carbocycles. The van der Waals surface area contributed by atoms with Gasteiger partial charge in [-0.25, -0.2) is 0 Å². The lowest BCUT2D eigenvalue weighted by atomic mass is 9.76. The quantitative estimate of drug-likeness (QED) is 0.792. The van der Waals surface area contributed by atoms with E-state index in [1.165, 1.54) is 0 Å². The molecule has 1 heterocycles. The Bertz CT molecular complexity index is 524. The summed E-state index contributed by atoms with van der Waals surface area (Å²) in [4.78, 5) is 0. The van der Waals surface area contributed by atoms with Gasteiger partial charge in [0.25, 0.3) is 0 Å². The first kappa shape index (κ1) is 10.8. The Morgan fingerprint density at radius 1 is 1.24 bits per heavy atom. The second-order valence-corrected chi connectivity index (χ2v) is 5.06. The molecule has 0 spiro atoms. The van der Waals surface area contributed by atoms with Gasteiger partial charge in [0.05, 0.1) is 12.4 Å². The van der Waals surface area contributed by atoms with E-state index in [9.17, 15) is 5.11 Å². The van der Waals surface area contributed by atoms with E-state index >= 15 is 0 Å². The minimum Gasteiger partial charge on any atom is -0.464 e. The molecular formula is C14H17NO2. The van der Waals surface area contributed by atoms with Crippen LogP contribution in [0.5, 0.6) is 0 Å². The molecule has 0 bridgehead atoms. The van der Waals surface area contributed by atoms with Gasteiger partial charge in [-0.3, -0.25) is 0 Å². The highest BCUT2D eigenvalue weighted by Crippen LogP contribution is 2.36. The van der Waals surface area contributed by atoms with Crippen LogP contribution in [0.4, 0.5) is 0 Å². The van der Waals surface area contributed by atoms with Crippen LogP contribution in [0, 0.1) is 0 Å². The second kappa shape index (κ2) is 3.86. The molecule has 2 aromatic rings. The molecule has 90 valence electrons. The van der Waals surface area contributed by atoms with Gasteiger partial charge in [-0.05, 0) is 49.4 Å². The Balaban J connectivity index is 1.96. The van der Waals surface area contributed by atoms with Crippen LogP contribution in [0.15, 0.2) is 34.9 Å². The number of rotatable bonds is 1. The molecule has 0 amide bonds. The summed E-state index contributed by atoms with van der Waals surface area (Å²) in [5.41, 5.74) is 8.22. The summed E-state index contributed by atoms with van der Waals surface area (Å²) >= 11 is 0. The van der Waals surface area contributed by atoms with Crippen LogP contribution < -0.4 is 5.73 Å². The molecule has 3 nitrogen and oxygen atoms in total. The predicted molar refractivity (Wildman–Crippen MR) is 66.6 cm³/mol. The minimum atomic E-state index is -0.287. The molecule has 0 radical (unpaired) electrons. The van der Waals surface area contributed by atoms with Gasteiger partial charge in [0.1, 0.15) is 5.58 Å². The Morgan fingerprint density at radius 3 is 2.76 bits per heavy atom. The first-order chi connectivity index (χ1) is 8.17. The summed E-state index contributed by atoms with van der Waals surface area (Å²) in [5, 5.41) is 10.7. The Morgan fingerprint density at radius 2 is 2.00 bits per heavy atom. The largest absolute Gasteiger partial charge is 0.464 e. The van der Waals surface area contributed by atoms with E-state index in [0.717, 1.165) is 42.2 Å². The van der Waals surface area contributed by atoms with E-state index in [4.69, 9.17) is 10.2 Å². The fraction of sp³-hybridized carbons (Fsp3) is 0.429. The number of hydrogen-bond donors (Lipinski definition) is 2. The highest BCUT2D eigenvalue weighted by atomic mass is 16.3. The molecule has 1 aromatic carbocycles. The Labute approximate surface area is 100 Å². The minimum absolute atomic E-state index is 0.177. The molecule has 0 atom stereocenters. The molecule has 1 fully saturated rings. The summed E-state index contributed by atoms with van der Waals surface area (Å²) in [6, 6.07) is 8.09. The highest BCUT2D eigenvalue weighted by Gasteiger charge is 2.32. The number of nitrogens with two attached hydrogens (primary N) is 1. The molecule has 1 aliphatic carbocycles. The zero-order chi connectivity index (χ0) is 11.9. The van der Waals surface area contributed by atoms with Gasteiger partial charge in [-0.15, -0.1) is 0 Å². The second-order valence-electron chi connectivity index (χ2n) is 5.06. The average molecular weight is 231 g/mol. The molecule has 3 rings (SSSR count). The van der Waals surface area contributed by atoms with Crippen molar-refractivity contribution in [3.8, 4) is 0 Å². The molecule has 1 aromatic heterocycles. The van der Waals surface area contributed by atoms with Gasteiger partial charge in [-0.2, -0.15) is 0 Å². The highest BCUT2D eigenvalue weighted by molar-refractivity contribution is 5.78. The van der Waals surface area contributed by atoms with Crippen LogP contribution in [0.1, 0.15) is 31.2 Å². The zero-order valence-corrected chi connectivity index (χ0v) is 9.73. The van der Waals surface area contributed by atoms with Crippen LogP contribution in [-0.4, -0.2) is 11.2 Å². The number of benzene rings is 1. The van der Waals surface area contributed by atoms with Crippen molar-refractivity contribution in [2.24, 2.45) is 5.73 Å². The third-order valence-electron chi connectivity index (χ3n) is 3.87. The number of furan rings is 1. The van der Waals surface area contributed by atoms with Crippen molar-refractivity contribution in [2.75, 3.05) is 0 Å². The van der Waals surface area contributed by atoms with Crippen molar-refractivity contribution >= 4 is 11.0 Å². The van der Waals surface area contributed by atoms with Gasteiger partial charge in [0, 0.05) is 10.9 Å². The van der Waals surface area contributed by atoms with Crippen LogP contribution in [0.2, 0.25) is 0 Å². The van der Waals surface area contributed by atoms with Crippen molar-refractivity contribution < 1.29 is 9.52 Å². The van der Waals surface area contributed by atoms with Gasteiger partial charge in [0.15, 0.2) is 0 Å². The van der Waals surface area contributed by atoms with Crippen LogP contribution in [0.3, 0.4) is 0 Å². The molecule has 3 N–H and O–H groups in total. The summed E-state index contributed by atoms with van der Waals surface area (Å²) in [7, 11) is 0.